The maximum atomic E-state index is 9.89. The van der Waals surface area contributed by atoms with E-state index in [4.69, 9.17) is 20.8 Å². The third kappa shape index (κ3) is 3.32. The van der Waals surface area contributed by atoms with Gasteiger partial charge in [0.1, 0.15) is 5.75 Å². The van der Waals surface area contributed by atoms with E-state index in [0.717, 1.165) is 0 Å². The van der Waals surface area contributed by atoms with Gasteiger partial charge in [-0.25, -0.2) is 15.0 Å². The van der Waals surface area contributed by atoms with E-state index < -0.39 is 0 Å². The average Bonchev–Trinajstić information content (AvgIpc) is 2.95. The summed E-state index contributed by atoms with van der Waals surface area (Å²) in [7, 11) is 1.53. The second-order valence-electron chi connectivity index (χ2n) is 4.50. The minimum Gasteiger partial charge on any atom is -0.496 e. The molecule has 6 nitrogen and oxygen atoms in total. The number of pyridine rings is 1. The summed E-state index contributed by atoms with van der Waals surface area (Å²) >= 11 is 5.99. The third-order valence-electron chi connectivity index (χ3n) is 2.99. The van der Waals surface area contributed by atoms with Crippen molar-refractivity contribution in [1.29, 1.82) is 0 Å². The number of rotatable bonds is 4. The van der Waals surface area contributed by atoms with Gasteiger partial charge >= 0.3 is 5.95 Å². The summed E-state index contributed by atoms with van der Waals surface area (Å²) in [5.74, 6) is 0.867. The molecule has 3 rings (SSSR count). The van der Waals surface area contributed by atoms with Crippen LogP contribution in [0.15, 0.2) is 52.0 Å². The van der Waals surface area contributed by atoms with Gasteiger partial charge in [0.15, 0.2) is 11.5 Å². The SMILES string of the molecule is COc1ccc(Cl)cc1-c1nc(/C=N/c2ccccn2)c(O)o1. The highest BCUT2D eigenvalue weighted by Crippen LogP contribution is 2.34. The van der Waals surface area contributed by atoms with Crippen molar-refractivity contribution in [2.24, 2.45) is 4.99 Å². The monoisotopic (exact) mass is 329 g/mol. The lowest BCUT2D eigenvalue weighted by molar-refractivity contribution is 0.336. The van der Waals surface area contributed by atoms with Crippen LogP contribution in [0.2, 0.25) is 5.02 Å². The molecule has 3 aromatic rings. The molecule has 23 heavy (non-hydrogen) atoms. The smallest absolute Gasteiger partial charge is 0.312 e. The van der Waals surface area contributed by atoms with E-state index in [2.05, 4.69) is 15.0 Å². The first-order valence-corrected chi connectivity index (χ1v) is 7.04. The molecule has 0 fully saturated rings. The molecule has 0 radical (unpaired) electrons. The molecule has 0 saturated heterocycles. The Kier molecular flexibility index (Phi) is 4.25. The van der Waals surface area contributed by atoms with Gasteiger partial charge in [0, 0.05) is 11.2 Å². The van der Waals surface area contributed by atoms with Gasteiger partial charge in [-0.15, -0.1) is 0 Å². The number of benzene rings is 1. The van der Waals surface area contributed by atoms with E-state index in [9.17, 15) is 5.11 Å². The van der Waals surface area contributed by atoms with Crippen LogP contribution in [0.5, 0.6) is 11.7 Å². The number of aromatic nitrogens is 2. The molecule has 0 amide bonds. The zero-order chi connectivity index (χ0) is 16.2. The molecule has 0 aliphatic rings. The molecule has 0 aliphatic carbocycles. The molecule has 1 N–H and O–H groups in total. The summed E-state index contributed by atoms with van der Waals surface area (Å²) < 4.78 is 10.5. The van der Waals surface area contributed by atoms with Crippen molar-refractivity contribution >= 4 is 23.6 Å². The highest BCUT2D eigenvalue weighted by atomic mass is 35.5. The Morgan fingerprint density at radius 3 is 2.91 bits per heavy atom. The fourth-order valence-electron chi connectivity index (χ4n) is 1.93. The Morgan fingerprint density at radius 1 is 1.30 bits per heavy atom. The van der Waals surface area contributed by atoms with Gasteiger partial charge in [-0.3, -0.25) is 0 Å². The van der Waals surface area contributed by atoms with E-state index in [1.807, 2.05) is 6.07 Å². The Bertz CT molecular complexity index is 847. The Labute approximate surface area is 137 Å². The zero-order valence-corrected chi connectivity index (χ0v) is 12.9. The van der Waals surface area contributed by atoms with Gasteiger partial charge in [-0.2, -0.15) is 0 Å². The lowest BCUT2D eigenvalue weighted by Crippen LogP contribution is -1.89. The Hall–Kier alpha value is -2.86. The molecule has 0 saturated carbocycles. The largest absolute Gasteiger partial charge is 0.496 e. The van der Waals surface area contributed by atoms with Gasteiger partial charge in [0.25, 0.3) is 0 Å². The molecule has 0 unspecified atom stereocenters. The van der Waals surface area contributed by atoms with Crippen LogP contribution in [-0.2, 0) is 0 Å². The summed E-state index contributed by atoms with van der Waals surface area (Å²) in [6, 6.07) is 10.4. The molecule has 2 aromatic heterocycles. The van der Waals surface area contributed by atoms with Gasteiger partial charge in [0.2, 0.25) is 5.89 Å². The van der Waals surface area contributed by atoms with Gasteiger partial charge in [-0.05, 0) is 30.3 Å². The third-order valence-corrected chi connectivity index (χ3v) is 3.23. The van der Waals surface area contributed by atoms with Crippen LogP contribution in [0.1, 0.15) is 5.69 Å². The number of nitrogens with zero attached hydrogens (tertiary/aromatic N) is 3. The van der Waals surface area contributed by atoms with Crippen molar-refractivity contribution in [3.8, 4) is 23.1 Å². The number of hydrogen-bond donors (Lipinski definition) is 1. The van der Waals surface area contributed by atoms with Crippen molar-refractivity contribution in [3.63, 3.8) is 0 Å². The fourth-order valence-corrected chi connectivity index (χ4v) is 2.10. The Balaban J connectivity index is 1.95. The lowest BCUT2D eigenvalue weighted by atomic mass is 10.2. The number of oxazole rings is 1. The molecular weight excluding hydrogens is 318 g/mol. The first-order valence-electron chi connectivity index (χ1n) is 6.66. The number of halogens is 1. The topological polar surface area (TPSA) is 80.7 Å². The van der Waals surface area contributed by atoms with Crippen molar-refractivity contribution in [2.45, 2.75) is 0 Å². The first-order chi connectivity index (χ1) is 11.2. The summed E-state index contributed by atoms with van der Waals surface area (Å²) in [5, 5.41) is 10.4. The average molecular weight is 330 g/mol. The van der Waals surface area contributed by atoms with E-state index >= 15 is 0 Å². The normalized spacial score (nSPS) is 11.0. The molecular formula is C16H12ClN3O3. The second kappa shape index (κ2) is 6.50. The minimum absolute atomic E-state index is 0.185. The first kappa shape index (κ1) is 15.1. The molecule has 1 aromatic carbocycles. The summed E-state index contributed by atoms with van der Waals surface area (Å²) in [6.07, 6.45) is 3.00. The van der Waals surface area contributed by atoms with Crippen molar-refractivity contribution in [1.82, 2.24) is 9.97 Å². The molecule has 116 valence electrons. The van der Waals surface area contributed by atoms with Crippen LogP contribution < -0.4 is 4.74 Å². The van der Waals surface area contributed by atoms with Crippen LogP contribution in [0, 0.1) is 0 Å². The predicted molar refractivity (Wildman–Crippen MR) is 86.7 cm³/mol. The molecule has 0 bridgehead atoms. The van der Waals surface area contributed by atoms with Crippen molar-refractivity contribution in [3.05, 3.63) is 53.3 Å². The fraction of sp³-hybridized carbons (Fsp3) is 0.0625. The minimum atomic E-state index is -0.346. The van der Waals surface area contributed by atoms with E-state index in [0.29, 0.717) is 22.2 Å². The van der Waals surface area contributed by atoms with Gasteiger partial charge < -0.3 is 14.3 Å². The number of ether oxygens (including phenoxy) is 1. The van der Waals surface area contributed by atoms with Gasteiger partial charge in [0.05, 0.1) is 18.9 Å². The van der Waals surface area contributed by atoms with Crippen molar-refractivity contribution in [2.75, 3.05) is 7.11 Å². The Morgan fingerprint density at radius 2 is 2.17 bits per heavy atom. The van der Waals surface area contributed by atoms with Crippen LogP contribution in [0.3, 0.4) is 0 Å². The number of aromatic hydroxyl groups is 1. The van der Waals surface area contributed by atoms with Crippen LogP contribution >= 0.6 is 11.6 Å². The molecule has 0 spiro atoms. The molecule has 7 heteroatoms. The summed E-state index contributed by atoms with van der Waals surface area (Å²) in [6.45, 7) is 0. The predicted octanol–water partition coefficient (Wildman–Crippen LogP) is 3.85. The number of methoxy groups -OCH3 is 1. The maximum Gasteiger partial charge on any atom is 0.312 e. The quantitative estimate of drug-likeness (QED) is 0.735. The van der Waals surface area contributed by atoms with Gasteiger partial charge in [-0.1, -0.05) is 17.7 Å². The van der Waals surface area contributed by atoms with Crippen LogP contribution in [0.4, 0.5) is 5.82 Å². The van der Waals surface area contributed by atoms with E-state index in [1.54, 1.807) is 36.5 Å². The molecule has 0 atom stereocenters. The van der Waals surface area contributed by atoms with Crippen LogP contribution in [0.25, 0.3) is 11.5 Å². The zero-order valence-electron chi connectivity index (χ0n) is 12.1. The second-order valence-corrected chi connectivity index (χ2v) is 4.94. The number of aliphatic imine (C=N–C) groups is 1. The maximum absolute atomic E-state index is 9.89. The highest BCUT2D eigenvalue weighted by Gasteiger charge is 2.16. The molecule has 2 heterocycles. The van der Waals surface area contributed by atoms with Crippen LogP contribution in [-0.4, -0.2) is 28.4 Å². The summed E-state index contributed by atoms with van der Waals surface area (Å²) in [5.41, 5.74) is 0.723. The summed E-state index contributed by atoms with van der Waals surface area (Å²) in [4.78, 5) is 12.4. The van der Waals surface area contributed by atoms with Crippen molar-refractivity contribution < 1.29 is 14.3 Å². The van der Waals surface area contributed by atoms with E-state index in [-0.39, 0.29) is 17.5 Å². The molecule has 0 aliphatic heterocycles. The standard InChI is InChI=1S/C16H12ClN3O3/c1-22-13-6-5-10(17)8-11(13)15-20-12(16(21)23-15)9-19-14-4-2-3-7-18-14/h2-9,21H,1H3/b19-9+. The lowest BCUT2D eigenvalue weighted by Gasteiger charge is -2.04. The number of hydrogen-bond acceptors (Lipinski definition) is 6. The highest BCUT2D eigenvalue weighted by molar-refractivity contribution is 6.30. The van der Waals surface area contributed by atoms with E-state index in [1.165, 1.54) is 13.3 Å².